The quantitative estimate of drug-likeness (QED) is 0.129. The van der Waals surface area contributed by atoms with E-state index in [0.29, 0.717) is 23.4 Å². The van der Waals surface area contributed by atoms with Crippen molar-refractivity contribution in [2.24, 2.45) is 0 Å². The summed E-state index contributed by atoms with van der Waals surface area (Å²) in [4.78, 5) is 0. The Morgan fingerprint density at radius 1 is 0.640 bits per heavy atom. The molecule has 2 heterocycles. The second-order valence-electron chi connectivity index (χ2n) is 12.5. The molecule has 0 unspecified atom stereocenters. The number of aryl methyl sites for hydroxylation is 1. The van der Waals surface area contributed by atoms with Crippen LogP contribution in [0.1, 0.15) is 16.7 Å². The van der Waals surface area contributed by atoms with E-state index in [4.69, 9.17) is 0 Å². The summed E-state index contributed by atoms with van der Waals surface area (Å²) in [6.45, 7) is 6.72. The fourth-order valence-electron chi connectivity index (χ4n) is 7.37. The number of nitriles is 2. The highest BCUT2D eigenvalue weighted by Gasteiger charge is 2.23. The van der Waals surface area contributed by atoms with Crippen LogP contribution in [0.25, 0.3) is 66.0 Å². The van der Waals surface area contributed by atoms with Gasteiger partial charge in [0.25, 0.3) is 0 Å². The zero-order valence-electron chi connectivity index (χ0n) is 27.6. The first-order valence-corrected chi connectivity index (χ1v) is 16.6. The molecule has 0 aliphatic carbocycles. The molecule has 0 N–H and O–H groups in total. The Labute approximate surface area is 291 Å². The number of nitrogens with zero attached hydrogens (tertiary/aromatic N) is 4. The molecule has 6 aromatic carbocycles. The van der Waals surface area contributed by atoms with Crippen molar-refractivity contribution in [3.63, 3.8) is 0 Å². The van der Waals surface area contributed by atoms with Gasteiger partial charge in [0, 0.05) is 44.7 Å². The lowest BCUT2D eigenvalue weighted by molar-refractivity contribution is 0.869. The Kier molecular flexibility index (Phi) is 7.69. The van der Waals surface area contributed by atoms with Crippen molar-refractivity contribution in [3.05, 3.63) is 181 Å². The minimum absolute atomic E-state index is 0.355. The summed E-state index contributed by atoms with van der Waals surface area (Å²) in [5, 5.41) is 26.2. The lowest BCUT2D eigenvalue weighted by Gasteiger charge is -2.17. The van der Waals surface area contributed by atoms with E-state index in [2.05, 4.69) is 120 Å². The molecule has 0 amide bonds. The predicted octanol–water partition coefficient (Wildman–Crippen LogP) is 11.5. The van der Waals surface area contributed by atoms with Crippen molar-refractivity contribution in [2.75, 3.05) is 0 Å². The average molecular weight is 641 g/mol. The van der Waals surface area contributed by atoms with Crippen molar-refractivity contribution in [3.8, 4) is 23.3 Å². The largest absolute Gasteiger partial charge is 0.336 e. The summed E-state index contributed by atoms with van der Waals surface area (Å²) in [6.07, 6.45) is 3.29. The van der Waals surface area contributed by atoms with Crippen LogP contribution in [0.4, 0.5) is 0 Å². The molecule has 0 bridgehead atoms. The number of benzene rings is 6. The summed E-state index contributed by atoms with van der Waals surface area (Å²) in [6, 6.07) is 53.0. The molecule has 236 valence electrons. The number of fused-ring (bicyclic) bond motifs is 6. The summed E-state index contributed by atoms with van der Waals surface area (Å²) in [7, 11) is 0. The van der Waals surface area contributed by atoms with Gasteiger partial charge in [0.2, 0.25) is 0 Å². The summed E-state index contributed by atoms with van der Waals surface area (Å²) in [5.74, 6) is 0. The Morgan fingerprint density at radius 3 is 1.94 bits per heavy atom. The standard InChI is InChI=1S/C46H32N4/c1-3-13-34(28-47)46(50-44-22-10-7-18-37(44)38-19-8-11-23-45(38)50)41(29-48)36-17-5-4-16-35(36)33-15-12-14-32(27-33)30-49-42-21-9-6-20-39(42)40-26-31(2)24-25-43(40)49/h3-27H,1,30H2,2H3/b34-13-,46-41-. The first-order valence-electron chi connectivity index (χ1n) is 16.6. The van der Waals surface area contributed by atoms with E-state index < -0.39 is 0 Å². The minimum atomic E-state index is 0.355. The SMILES string of the molecule is C=C/C=C(C#N)\C(=C(/C#N)c1ccccc1-c1cccc(Cn2c3ccccc3c3cc(C)ccc32)c1)n1c2ccccc2c2ccccc21. The van der Waals surface area contributed by atoms with Crippen LogP contribution >= 0.6 is 0 Å². The zero-order chi connectivity index (χ0) is 34.2. The fraction of sp³-hybridized carbons (Fsp3) is 0.0435. The monoisotopic (exact) mass is 640 g/mol. The molecule has 0 saturated heterocycles. The van der Waals surface area contributed by atoms with Crippen LogP contribution in [0.5, 0.6) is 0 Å². The minimum Gasteiger partial charge on any atom is -0.336 e. The Balaban J connectivity index is 1.34. The molecule has 2 aromatic heterocycles. The van der Waals surface area contributed by atoms with Gasteiger partial charge in [0.1, 0.15) is 12.1 Å². The van der Waals surface area contributed by atoms with Crippen molar-refractivity contribution >= 4 is 54.9 Å². The van der Waals surface area contributed by atoms with Gasteiger partial charge in [-0.1, -0.05) is 121 Å². The number of hydrogen-bond donors (Lipinski definition) is 0. The predicted molar refractivity (Wildman–Crippen MR) is 207 cm³/mol. The first kappa shape index (κ1) is 30.5. The van der Waals surface area contributed by atoms with Gasteiger partial charge in [0.15, 0.2) is 0 Å². The summed E-state index contributed by atoms with van der Waals surface area (Å²) < 4.78 is 4.44. The van der Waals surface area contributed by atoms with E-state index >= 15 is 0 Å². The van der Waals surface area contributed by atoms with Gasteiger partial charge in [-0.2, -0.15) is 10.5 Å². The second-order valence-corrected chi connectivity index (χ2v) is 12.5. The highest BCUT2D eigenvalue weighted by molar-refractivity contribution is 6.14. The molecule has 8 aromatic rings. The van der Waals surface area contributed by atoms with E-state index in [0.717, 1.165) is 44.1 Å². The summed E-state index contributed by atoms with van der Waals surface area (Å²) in [5.41, 5.74) is 10.6. The number of aromatic nitrogens is 2. The lowest BCUT2D eigenvalue weighted by atomic mass is 9.91. The van der Waals surface area contributed by atoms with E-state index in [9.17, 15) is 10.5 Å². The highest BCUT2D eigenvalue weighted by Crippen LogP contribution is 2.40. The smallest absolute Gasteiger partial charge is 0.102 e. The maximum absolute atomic E-state index is 11.0. The lowest BCUT2D eigenvalue weighted by Crippen LogP contribution is -2.04. The van der Waals surface area contributed by atoms with Gasteiger partial charge >= 0.3 is 0 Å². The van der Waals surface area contributed by atoms with Crippen LogP contribution in [0.3, 0.4) is 0 Å². The van der Waals surface area contributed by atoms with Crippen molar-refractivity contribution in [1.29, 1.82) is 10.5 Å². The van der Waals surface area contributed by atoms with Crippen LogP contribution in [0.2, 0.25) is 0 Å². The van der Waals surface area contributed by atoms with Gasteiger partial charge in [-0.3, -0.25) is 0 Å². The topological polar surface area (TPSA) is 57.4 Å². The van der Waals surface area contributed by atoms with Crippen LogP contribution in [-0.2, 0) is 6.54 Å². The third-order valence-electron chi connectivity index (χ3n) is 9.52. The third kappa shape index (κ3) is 4.99. The van der Waals surface area contributed by atoms with Gasteiger partial charge in [0.05, 0.1) is 27.9 Å². The highest BCUT2D eigenvalue weighted by atomic mass is 15.0. The van der Waals surface area contributed by atoms with Gasteiger partial charge in [-0.25, -0.2) is 0 Å². The maximum Gasteiger partial charge on any atom is 0.102 e. The number of para-hydroxylation sites is 3. The fourth-order valence-corrected chi connectivity index (χ4v) is 7.37. The van der Waals surface area contributed by atoms with E-state index in [1.54, 1.807) is 12.2 Å². The Morgan fingerprint density at radius 2 is 1.26 bits per heavy atom. The maximum atomic E-state index is 11.0. The van der Waals surface area contributed by atoms with E-state index in [1.807, 2.05) is 54.6 Å². The van der Waals surface area contributed by atoms with Crippen LogP contribution in [0, 0.1) is 29.6 Å². The molecule has 0 radical (unpaired) electrons. The van der Waals surface area contributed by atoms with Crippen LogP contribution in [0.15, 0.2) is 164 Å². The molecule has 0 aliphatic rings. The van der Waals surface area contributed by atoms with Crippen LogP contribution < -0.4 is 0 Å². The second kappa shape index (κ2) is 12.6. The molecular weight excluding hydrogens is 609 g/mol. The van der Waals surface area contributed by atoms with Crippen molar-refractivity contribution in [1.82, 2.24) is 9.13 Å². The van der Waals surface area contributed by atoms with Gasteiger partial charge < -0.3 is 9.13 Å². The van der Waals surface area contributed by atoms with E-state index in [1.165, 1.54) is 27.4 Å². The molecule has 0 aliphatic heterocycles. The van der Waals surface area contributed by atoms with Crippen molar-refractivity contribution < 1.29 is 0 Å². The molecule has 0 fully saturated rings. The Hall–Kier alpha value is -6.88. The first-order chi connectivity index (χ1) is 24.6. The van der Waals surface area contributed by atoms with Gasteiger partial charge in [-0.05, 0) is 66.1 Å². The molecule has 8 rings (SSSR count). The number of hydrogen-bond acceptors (Lipinski definition) is 2. The van der Waals surface area contributed by atoms with Crippen molar-refractivity contribution in [2.45, 2.75) is 13.5 Å². The zero-order valence-corrected chi connectivity index (χ0v) is 27.6. The number of rotatable bonds is 7. The third-order valence-corrected chi connectivity index (χ3v) is 9.52. The molecule has 0 saturated carbocycles. The number of allylic oxidation sites excluding steroid dienone is 5. The normalized spacial score (nSPS) is 12.3. The molecule has 4 nitrogen and oxygen atoms in total. The average Bonchev–Trinajstić information content (AvgIpc) is 3.65. The molecule has 4 heteroatoms. The molecule has 0 spiro atoms. The molecular formula is C46H32N4. The summed E-state index contributed by atoms with van der Waals surface area (Å²) >= 11 is 0. The molecule has 50 heavy (non-hydrogen) atoms. The van der Waals surface area contributed by atoms with E-state index in [-0.39, 0.29) is 0 Å². The van der Waals surface area contributed by atoms with Gasteiger partial charge in [-0.15, -0.1) is 0 Å². The van der Waals surface area contributed by atoms with Crippen LogP contribution in [-0.4, -0.2) is 9.13 Å². The molecule has 0 atom stereocenters. The Bertz CT molecular complexity index is 2730.